The second kappa shape index (κ2) is 13.4. The van der Waals surface area contributed by atoms with Crippen molar-refractivity contribution in [2.75, 3.05) is 26.3 Å². The number of hydrogen-bond acceptors (Lipinski definition) is 5. The molecule has 0 saturated carbocycles. The number of likely N-dealkylation sites (tertiary alicyclic amines) is 1. The Morgan fingerprint density at radius 3 is 2.50 bits per heavy atom. The van der Waals surface area contributed by atoms with Crippen LogP contribution in [0.3, 0.4) is 0 Å². The Hall–Kier alpha value is -3.20. The molecule has 2 fully saturated rings. The summed E-state index contributed by atoms with van der Waals surface area (Å²) in [5, 5.41) is 9.17. The van der Waals surface area contributed by atoms with Gasteiger partial charge in [-0.2, -0.15) is 0 Å². The first-order valence-corrected chi connectivity index (χ1v) is 14.6. The summed E-state index contributed by atoms with van der Waals surface area (Å²) >= 11 is 0. The maximum atomic E-state index is 13.7. The van der Waals surface area contributed by atoms with Crippen LogP contribution in [0.2, 0.25) is 0 Å². The van der Waals surface area contributed by atoms with E-state index in [4.69, 9.17) is 4.74 Å². The molecule has 1 spiro atoms. The molecule has 4 amide bonds. The highest BCUT2D eigenvalue weighted by Gasteiger charge is 2.42. The third-order valence-corrected chi connectivity index (χ3v) is 8.61. The number of fused-ring (bicyclic) bond motifs is 1. The van der Waals surface area contributed by atoms with E-state index in [1.54, 1.807) is 0 Å². The quantitative estimate of drug-likeness (QED) is 0.485. The third-order valence-electron chi connectivity index (χ3n) is 8.61. The number of amides is 4. The Balaban J connectivity index is 1.58. The molecule has 0 aliphatic carbocycles. The van der Waals surface area contributed by atoms with Crippen LogP contribution in [0.5, 0.6) is 0 Å². The van der Waals surface area contributed by atoms with E-state index in [2.05, 4.69) is 28.1 Å². The Morgan fingerprint density at radius 1 is 1.10 bits per heavy atom. The fourth-order valence-corrected chi connectivity index (χ4v) is 6.11. The second-order valence-electron chi connectivity index (χ2n) is 11.9. The topological polar surface area (TPSA) is 117 Å². The molecule has 4 rings (SSSR count). The number of nitrogens with one attached hydrogen (secondary N) is 3. The van der Waals surface area contributed by atoms with Gasteiger partial charge in [0.1, 0.15) is 12.1 Å². The summed E-state index contributed by atoms with van der Waals surface area (Å²) in [6.45, 7) is 7.30. The molecule has 9 heteroatoms. The average Bonchev–Trinajstić information content (AvgIpc) is 2.94. The fourth-order valence-electron chi connectivity index (χ4n) is 6.11. The molecule has 218 valence electrons. The van der Waals surface area contributed by atoms with E-state index in [1.165, 1.54) is 6.92 Å². The molecule has 0 aromatic heterocycles. The molecule has 0 bridgehead atoms. The third kappa shape index (κ3) is 7.30. The first kappa shape index (κ1) is 29.8. The van der Waals surface area contributed by atoms with Gasteiger partial charge in [0.25, 0.3) is 0 Å². The number of benzene rings is 1. The summed E-state index contributed by atoms with van der Waals surface area (Å²) in [6, 6.07) is 8.32. The van der Waals surface area contributed by atoms with Crippen LogP contribution in [0.1, 0.15) is 58.4 Å². The molecule has 4 atom stereocenters. The van der Waals surface area contributed by atoms with E-state index in [9.17, 15) is 19.2 Å². The number of piperidine rings is 1. The lowest BCUT2D eigenvalue weighted by Gasteiger charge is -2.41. The van der Waals surface area contributed by atoms with Gasteiger partial charge in [0.05, 0.1) is 5.41 Å². The number of rotatable bonds is 5. The van der Waals surface area contributed by atoms with Crippen molar-refractivity contribution in [3.05, 3.63) is 48.0 Å². The van der Waals surface area contributed by atoms with Crippen molar-refractivity contribution >= 4 is 23.6 Å². The lowest BCUT2D eigenvalue weighted by atomic mass is 9.75. The number of carbonyl (C=O) groups excluding carboxylic acids is 4. The van der Waals surface area contributed by atoms with Crippen molar-refractivity contribution in [3.8, 4) is 0 Å². The van der Waals surface area contributed by atoms with E-state index in [0.29, 0.717) is 64.8 Å². The first-order chi connectivity index (χ1) is 19.2. The Morgan fingerprint density at radius 2 is 1.82 bits per heavy atom. The first-order valence-electron chi connectivity index (χ1n) is 14.6. The zero-order valence-electron chi connectivity index (χ0n) is 24.0. The molecular weight excluding hydrogens is 508 g/mol. The van der Waals surface area contributed by atoms with E-state index < -0.39 is 17.5 Å². The maximum absolute atomic E-state index is 13.7. The van der Waals surface area contributed by atoms with E-state index in [0.717, 1.165) is 5.56 Å². The largest absolute Gasteiger partial charge is 0.381 e. The van der Waals surface area contributed by atoms with Crippen molar-refractivity contribution in [1.82, 2.24) is 20.9 Å². The smallest absolute Gasteiger partial charge is 0.245 e. The molecule has 3 aliphatic rings. The number of allylic oxidation sites excluding steroid dienone is 2. The van der Waals surface area contributed by atoms with Crippen LogP contribution in [-0.2, 0) is 30.3 Å². The summed E-state index contributed by atoms with van der Waals surface area (Å²) in [5.41, 5.74) is 0.366. The van der Waals surface area contributed by atoms with Crippen LogP contribution < -0.4 is 16.0 Å². The minimum atomic E-state index is -0.705. The van der Waals surface area contributed by atoms with Crippen molar-refractivity contribution < 1.29 is 23.9 Å². The van der Waals surface area contributed by atoms with Gasteiger partial charge in [-0.15, -0.1) is 0 Å². The van der Waals surface area contributed by atoms with Gasteiger partial charge in [0.2, 0.25) is 23.6 Å². The van der Waals surface area contributed by atoms with Crippen molar-refractivity contribution in [2.45, 2.75) is 77.4 Å². The van der Waals surface area contributed by atoms with E-state index in [-0.39, 0.29) is 41.5 Å². The number of carbonyl (C=O) groups is 4. The molecule has 40 heavy (non-hydrogen) atoms. The molecule has 1 aromatic rings. The van der Waals surface area contributed by atoms with Gasteiger partial charge in [-0.1, -0.05) is 56.3 Å². The molecular formula is C31H44N4O5. The summed E-state index contributed by atoms with van der Waals surface area (Å²) in [4.78, 5) is 54.5. The summed E-state index contributed by atoms with van der Waals surface area (Å²) in [6.07, 6.45) is 7.67. The normalized spacial score (nSPS) is 26.9. The number of hydrogen-bond donors (Lipinski definition) is 3. The van der Waals surface area contributed by atoms with Gasteiger partial charge in [0.15, 0.2) is 0 Å². The SMILES string of the molecule is CC(=O)N[C@H](C(=O)N1CC[C@H]2NC(=O)[C@H](Cc3ccccc3)NC(=O)C3(C/C=C/C[C@@H]2C1)CCOCC3)C(C)C. The molecule has 0 unspecified atom stereocenters. The molecule has 2 saturated heterocycles. The van der Waals surface area contributed by atoms with Crippen LogP contribution in [0.15, 0.2) is 42.5 Å². The fraction of sp³-hybridized carbons (Fsp3) is 0.613. The van der Waals surface area contributed by atoms with Gasteiger partial charge < -0.3 is 25.6 Å². The molecule has 3 N–H and O–H groups in total. The summed E-state index contributed by atoms with van der Waals surface area (Å²) < 4.78 is 5.58. The highest BCUT2D eigenvalue weighted by molar-refractivity contribution is 5.91. The Labute approximate surface area is 237 Å². The number of nitrogens with zero attached hydrogens (tertiary/aromatic N) is 1. The predicted molar refractivity (Wildman–Crippen MR) is 152 cm³/mol. The molecule has 0 radical (unpaired) electrons. The minimum absolute atomic E-state index is 0.0150. The molecule has 9 nitrogen and oxygen atoms in total. The van der Waals surface area contributed by atoms with Crippen LogP contribution in [-0.4, -0.2) is 73.0 Å². The minimum Gasteiger partial charge on any atom is -0.381 e. The average molecular weight is 553 g/mol. The van der Waals surface area contributed by atoms with Gasteiger partial charge in [-0.05, 0) is 43.6 Å². The highest BCUT2D eigenvalue weighted by atomic mass is 16.5. The van der Waals surface area contributed by atoms with Crippen molar-refractivity contribution in [2.24, 2.45) is 17.3 Å². The van der Waals surface area contributed by atoms with Gasteiger partial charge >= 0.3 is 0 Å². The standard InChI is InChI=1S/C31H44N4O5/c1-21(2)27(32-22(3)36)29(38)35-16-12-25-24(20-35)11-7-8-13-31(14-17-40-18-15-31)30(39)34-26(28(37)33-25)19-23-9-5-4-6-10-23/h4-10,21,24-27H,11-20H2,1-3H3,(H,32,36)(H,33,37)(H,34,39)/b8-7+/t24-,25-,26+,27+/m1/s1. The zero-order chi connectivity index (χ0) is 28.7. The van der Waals surface area contributed by atoms with Crippen LogP contribution in [0, 0.1) is 17.3 Å². The van der Waals surface area contributed by atoms with Crippen LogP contribution >= 0.6 is 0 Å². The van der Waals surface area contributed by atoms with Gasteiger partial charge in [-0.3, -0.25) is 19.2 Å². The van der Waals surface area contributed by atoms with Crippen LogP contribution in [0.25, 0.3) is 0 Å². The maximum Gasteiger partial charge on any atom is 0.245 e. The van der Waals surface area contributed by atoms with Gasteiger partial charge in [0, 0.05) is 51.6 Å². The molecule has 1 aromatic carbocycles. The lowest BCUT2D eigenvalue weighted by molar-refractivity contribution is -0.141. The monoisotopic (exact) mass is 552 g/mol. The lowest BCUT2D eigenvalue weighted by Crippen LogP contribution is -2.60. The highest BCUT2D eigenvalue weighted by Crippen LogP contribution is 2.36. The van der Waals surface area contributed by atoms with Crippen molar-refractivity contribution in [1.29, 1.82) is 0 Å². The Bertz CT molecular complexity index is 1080. The predicted octanol–water partition coefficient (Wildman–Crippen LogP) is 2.35. The van der Waals surface area contributed by atoms with E-state index >= 15 is 0 Å². The van der Waals surface area contributed by atoms with Crippen molar-refractivity contribution in [3.63, 3.8) is 0 Å². The van der Waals surface area contributed by atoms with E-state index in [1.807, 2.05) is 49.1 Å². The number of ether oxygens (including phenoxy) is 1. The molecule has 3 heterocycles. The van der Waals surface area contributed by atoms with Crippen LogP contribution in [0.4, 0.5) is 0 Å². The second-order valence-corrected chi connectivity index (χ2v) is 11.9. The Kier molecular flexibility index (Phi) is 10.0. The zero-order valence-corrected chi connectivity index (χ0v) is 24.0. The summed E-state index contributed by atoms with van der Waals surface area (Å²) in [5.74, 6) is -0.620. The summed E-state index contributed by atoms with van der Waals surface area (Å²) in [7, 11) is 0. The molecule has 3 aliphatic heterocycles. The van der Waals surface area contributed by atoms with Gasteiger partial charge in [-0.25, -0.2) is 0 Å².